The molecule has 4 N–H and O–H groups in total. The molecule has 1 aromatic carbocycles. The summed E-state index contributed by atoms with van der Waals surface area (Å²) < 4.78 is 5.63. The van der Waals surface area contributed by atoms with Crippen molar-refractivity contribution >= 4 is 0 Å². The smallest absolute Gasteiger partial charge is 0.150 e. The van der Waals surface area contributed by atoms with Gasteiger partial charge in [-0.25, -0.2) is 0 Å². The number of benzene rings is 1. The van der Waals surface area contributed by atoms with Crippen LogP contribution in [0.3, 0.4) is 0 Å². The molecule has 1 aliphatic rings. The van der Waals surface area contributed by atoms with E-state index in [-0.39, 0.29) is 6.10 Å². The zero-order valence-electron chi connectivity index (χ0n) is 7.44. The van der Waals surface area contributed by atoms with Crippen molar-refractivity contribution in [1.29, 1.82) is 0 Å². The summed E-state index contributed by atoms with van der Waals surface area (Å²) in [7, 11) is 0. The van der Waals surface area contributed by atoms with Crippen LogP contribution in [-0.2, 0) is 0 Å². The van der Waals surface area contributed by atoms with Crippen LogP contribution in [0.25, 0.3) is 0 Å². The molecule has 0 saturated heterocycles. The molecule has 0 fully saturated rings. The number of rotatable bonds is 1. The average Bonchev–Trinajstić information content (AvgIpc) is 2.18. The number of ether oxygens (including phenoxy) is 1. The number of aliphatic hydroxyl groups excluding tert-OH is 1. The zero-order valence-corrected chi connectivity index (χ0v) is 7.44. The zero-order chi connectivity index (χ0) is 9.26. The van der Waals surface area contributed by atoms with Crippen LogP contribution in [0.15, 0.2) is 24.3 Å². The Morgan fingerprint density at radius 2 is 2.23 bits per heavy atom. The number of quaternary nitrogens is 1. The Kier molecular flexibility index (Phi) is 2.20. The number of hydrogen-bond acceptors (Lipinski definition) is 2. The minimum absolute atomic E-state index is 0.0601. The molecule has 2 atom stereocenters. The molecule has 70 valence electrons. The molecular weight excluding hydrogens is 166 g/mol. The number of fused-ring (bicyclic) bond motifs is 1. The van der Waals surface area contributed by atoms with Gasteiger partial charge < -0.3 is 15.6 Å². The first-order valence-electron chi connectivity index (χ1n) is 4.54. The van der Waals surface area contributed by atoms with Gasteiger partial charge in [0, 0.05) is 12.0 Å². The van der Waals surface area contributed by atoms with Gasteiger partial charge in [0.25, 0.3) is 0 Å². The molecule has 1 aliphatic heterocycles. The molecule has 0 saturated carbocycles. The molecule has 1 heterocycles. The summed E-state index contributed by atoms with van der Waals surface area (Å²) in [5.74, 6) is 0.801. The van der Waals surface area contributed by atoms with E-state index >= 15 is 0 Å². The SMILES string of the molecule is [NH3+]CC1CC(O)c2ccccc2O1. The number of aliphatic hydroxyl groups is 1. The second-order valence-electron chi connectivity index (χ2n) is 3.32. The van der Waals surface area contributed by atoms with E-state index in [1.165, 1.54) is 0 Å². The Hall–Kier alpha value is -1.06. The molecule has 0 amide bonds. The molecule has 1 aromatic rings. The predicted molar refractivity (Wildman–Crippen MR) is 48.2 cm³/mol. The topological polar surface area (TPSA) is 57.1 Å². The maximum absolute atomic E-state index is 9.76. The predicted octanol–water partition coefficient (Wildman–Crippen LogP) is 0.113. The largest absolute Gasteiger partial charge is 0.484 e. The fourth-order valence-corrected chi connectivity index (χ4v) is 1.64. The second-order valence-corrected chi connectivity index (χ2v) is 3.32. The lowest BCUT2D eigenvalue weighted by Crippen LogP contribution is -2.57. The molecule has 3 nitrogen and oxygen atoms in total. The van der Waals surface area contributed by atoms with E-state index in [4.69, 9.17) is 4.74 Å². The molecule has 0 aromatic heterocycles. The van der Waals surface area contributed by atoms with Crippen LogP contribution in [0.4, 0.5) is 0 Å². The number of para-hydroxylation sites is 1. The van der Waals surface area contributed by atoms with E-state index in [9.17, 15) is 5.11 Å². The van der Waals surface area contributed by atoms with Gasteiger partial charge in [-0.05, 0) is 6.07 Å². The first-order valence-corrected chi connectivity index (χ1v) is 4.54. The van der Waals surface area contributed by atoms with Crippen molar-refractivity contribution in [3.8, 4) is 5.75 Å². The van der Waals surface area contributed by atoms with Crippen LogP contribution in [0.1, 0.15) is 18.1 Å². The maximum Gasteiger partial charge on any atom is 0.150 e. The minimum Gasteiger partial charge on any atom is -0.484 e. The molecule has 0 spiro atoms. The van der Waals surface area contributed by atoms with Gasteiger partial charge in [0.2, 0.25) is 0 Å². The summed E-state index contributed by atoms with van der Waals surface area (Å²) >= 11 is 0. The third kappa shape index (κ3) is 1.53. The fourth-order valence-electron chi connectivity index (χ4n) is 1.64. The molecule has 2 unspecified atom stereocenters. The van der Waals surface area contributed by atoms with E-state index in [0.29, 0.717) is 13.0 Å². The second kappa shape index (κ2) is 3.36. The number of hydrogen-bond donors (Lipinski definition) is 2. The van der Waals surface area contributed by atoms with Crippen molar-refractivity contribution in [3.63, 3.8) is 0 Å². The quantitative estimate of drug-likeness (QED) is 0.644. The summed E-state index contributed by atoms with van der Waals surface area (Å²) in [6.45, 7) is 0.700. The summed E-state index contributed by atoms with van der Waals surface area (Å²) in [4.78, 5) is 0. The van der Waals surface area contributed by atoms with Crippen molar-refractivity contribution < 1.29 is 15.6 Å². The molecule has 0 bridgehead atoms. The average molecular weight is 180 g/mol. The molecule has 0 radical (unpaired) electrons. The highest BCUT2D eigenvalue weighted by molar-refractivity contribution is 5.36. The van der Waals surface area contributed by atoms with E-state index in [0.717, 1.165) is 11.3 Å². The van der Waals surface area contributed by atoms with Crippen molar-refractivity contribution in [2.45, 2.75) is 18.6 Å². The Bertz CT molecular complexity index is 301. The van der Waals surface area contributed by atoms with Gasteiger partial charge >= 0.3 is 0 Å². The molecule has 0 aliphatic carbocycles. The highest BCUT2D eigenvalue weighted by Crippen LogP contribution is 2.33. The van der Waals surface area contributed by atoms with Crippen LogP contribution >= 0.6 is 0 Å². The minimum atomic E-state index is -0.392. The standard InChI is InChI=1S/C10H13NO2/c11-6-7-5-9(12)8-3-1-2-4-10(8)13-7/h1-4,7,9,12H,5-6,11H2/p+1. The lowest BCUT2D eigenvalue weighted by Gasteiger charge is -2.27. The van der Waals surface area contributed by atoms with Gasteiger partial charge in [-0.15, -0.1) is 0 Å². The van der Waals surface area contributed by atoms with Crippen LogP contribution in [0.2, 0.25) is 0 Å². The lowest BCUT2D eigenvalue weighted by atomic mass is 9.99. The maximum atomic E-state index is 9.76. The Labute approximate surface area is 77.1 Å². The van der Waals surface area contributed by atoms with Gasteiger partial charge in [-0.2, -0.15) is 0 Å². The van der Waals surface area contributed by atoms with Crippen LogP contribution in [-0.4, -0.2) is 17.8 Å². The molecule has 13 heavy (non-hydrogen) atoms. The first-order chi connectivity index (χ1) is 6.31. The summed E-state index contributed by atoms with van der Waals surface area (Å²) in [5.41, 5.74) is 4.68. The highest BCUT2D eigenvalue weighted by Gasteiger charge is 2.26. The van der Waals surface area contributed by atoms with Crippen LogP contribution < -0.4 is 10.5 Å². The van der Waals surface area contributed by atoms with Gasteiger partial charge in [0.1, 0.15) is 18.4 Å². The van der Waals surface area contributed by atoms with E-state index in [1.807, 2.05) is 24.3 Å². The lowest BCUT2D eigenvalue weighted by molar-refractivity contribution is -0.383. The normalized spacial score (nSPS) is 26.3. The summed E-state index contributed by atoms with van der Waals surface area (Å²) in [5, 5.41) is 9.76. The summed E-state index contributed by atoms with van der Waals surface area (Å²) in [6.07, 6.45) is 0.321. The van der Waals surface area contributed by atoms with Crippen molar-refractivity contribution in [3.05, 3.63) is 29.8 Å². The van der Waals surface area contributed by atoms with Crippen LogP contribution in [0.5, 0.6) is 5.75 Å². The Morgan fingerprint density at radius 3 is 3.00 bits per heavy atom. The third-order valence-electron chi connectivity index (χ3n) is 2.38. The van der Waals surface area contributed by atoms with E-state index in [2.05, 4.69) is 5.73 Å². The van der Waals surface area contributed by atoms with Gasteiger partial charge in [0.05, 0.1) is 6.10 Å². The van der Waals surface area contributed by atoms with Gasteiger partial charge in [-0.1, -0.05) is 18.2 Å². The Balaban J connectivity index is 2.31. The van der Waals surface area contributed by atoms with Gasteiger partial charge in [0.15, 0.2) is 0 Å². The highest BCUT2D eigenvalue weighted by atomic mass is 16.5. The van der Waals surface area contributed by atoms with Crippen molar-refractivity contribution in [2.24, 2.45) is 0 Å². The van der Waals surface area contributed by atoms with Gasteiger partial charge in [-0.3, -0.25) is 0 Å². The fraction of sp³-hybridized carbons (Fsp3) is 0.400. The summed E-state index contributed by atoms with van der Waals surface area (Å²) in [6, 6.07) is 7.62. The van der Waals surface area contributed by atoms with E-state index in [1.54, 1.807) is 0 Å². The van der Waals surface area contributed by atoms with Crippen LogP contribution in [0, 0.1) is 0 Å². The first kappa shape index (κ1) is 8.53. The molecule has 3 heteroatoms. The monoisotopic (exact) mass is 180 g/mol. The molecular formula is C10H14NO2+. The van der Waals surface area contributed by atoms with Crippen molar-refractivity contribution in [1.82, 2.24) is 0 Å². The van der Waals surface area contributed by atoms with E-state index < -0.39 is 6.10 Å². The third-order valence-corrected chi connectivity index (χ3v) is 2.38. The molecule has 2 rings (SSSR count). The Morgan fingerprint density at radius 1 is 1.46 bits per heavy atom. The van der Waals surface area contributed by atoms with Crippen molar-refractivity contribution in [2.75, 3.05) is 6.54 Å².